The van der Waals surface area contributed by atoms with Gasteiger partial charge in [0.15, 0.2) is 0 Å². The summed E-state index contributed by atoms with van der Waals surface area (Å²) in [5, 5.41) is 17.4. The van der Waals surface area contributed by atoms with Crippen LogP contribution in [0, 0.1) is 0 Å². The second kappa shape index (κ2) is 4.76. The van der Waals surface area contributed by atoms with Gasteiger partial charge in [-0.1, -0.05) is 19.1 Å². The van der Waals surface area contributed by atoms with Gasteiger partial charge in [0.2, 0.25) is 0 Å². The smallest absolute Gasteiger partial charge is 0.335 e. The summed E-state index contributed by atoms with van der Waals surface area (Å²) in [6, 6.07) is 5.04. The molecule has 5 nitrogen and oxygen atoms in total. The van der Waals surface area contributed by atoms with E-state index in [-0.39, 0.29) is 11.5 Å². The Kier molecular flexibility index (Phi) is 3.63. The van der Waals surface area contributed by atoms with Gasteiger partial charge in [0.25, 0.3) is 0 Å². The monoisotopic (exact) mass is 223 g/mol. The van der Waals surface area contributed by atoms with Crippen LogP contribution in [-0.2, 0) is 4.79 Å². The van der Waals surface area contributed by atoms with Crippen molar-refractivity contribution in [2.45, 2.75) is 18.9 Å². The van der Waals surface area contributed by atoms with Crippen LogP contribution in [0.25, 0.3) is 0 Å². The first-order chi connectivity index (χ1) is 7.43. The van der Waals surface area contributed by atoms with Gasteiger partial charge in [0.05, 0.1) is 5.56 Å². The van der Waals surface area contributed by atoms with E-state index in [2.05, 4.69) is 0 Å². The standard InChI is InChI=1S/C11H13NO4/c1-6(9(12)11(15)16)7-2-4-8(5-3-7)10(13)14/h2-6,9H,12H2,1H3,(H,13,14)(H,15,16)/t6-,9-/m0/s1. The molecule has 0 radical (unpaired) electrons. The molecule has 1 aromatic rings. The average molecular weight is 223 g/mol. The van der Waals surface area contributed by atoms with Crippen molar-refractivity contribution in [1.82, 2.24) is 0 Å². The Morgan fingerprint density at radius 3 is 2.06 bits per heavy atom. The largest absolute Gasteiger partial charge is 0.480 e. The van der Waals surface area contributed by atoms with Crippen molar-refractivity contribution in [3.63, 3.8) is 0 Å². The maximum Gasteiger partial charge on any atom is 0.335 e. The molecule has 0 fully saturated rings. The highest BCUT2D eigenvalue weighted by atomic mass is 16.4. The summed E-state index contributed by atoms with van der Waals surface area (Å²) in [5.41, 5.74) is 6.35. The van der Waals surface area contributed by atoms with Crippen LogP contribution in [0.5, 0.6) is 0 Å². The molecule has 1 rings (SSSR count). The highest BCUT2D eigenvalue weighted by Crippen LogP contribution is 2.18. The summed E-state index contributed by atoms with van der Waals surface area (Å²) in [4.78, 5) is 21.3. The number of hydrogen-bond donors (Lipinski definition) is 3. The van der Waals surface area contributed by atoms with Gasteiger partial charge in [-0.2, -0.15) is 0 Å². The Labute approximate surface area is 92.5 Å². The van der Waals surface area contributed by atoms with Gasteiger partial charge < -0.3 is 15.9 Å². The molecule has 0 aliphatic rings. The first-order valence-electron chi connectivity index (χ1n) is 4.75. The van der Waals surface area contributed by atoms with Crippen LogP contribution in [0.2, 0.25) is 0 Å². The summed E-state index contributed by atoms with van der Waals surface area (Å²) in [7, 11) is 0. The van der Waals surface area contributed by atoms with E-state index in [4.69, 9.17) is 15.9 Å². The molecular weight excluding hydrogens is 210 g/mol. The summed E-state index contributed by atoms with van der Waals surface area (Å²) in [5.74, 6) is -2.45. The minimum absolute atomic E-state index is 0.167. The molecule has 0 saturated heterocycles. The van der Waals surface area contributed by atoms with E-state index in [9.17, 15) is 9.59 Å². The molecule has 1 aromatic carbocycles. The zero-order valence-electron chi connectivity index (χ0n) is 8.75. The highest BCUT2D eigenvalue weighted by Gasteiger charge is 2.21. The number of rotatable bonds is 4. The van der Waals surface area contributed by atoms with Crippen LogP contribution in [-0.4, -0.2) is 28.2 Å². The van der Waals surface area contributed by atoms with E-state index >= 15 is 0 Å². The van der Waals surface area contributed by atoms with E-state index in [1.807, 2.05) is 0 Å². The molecule has 0 heterocycles. The van der Waals surface area contributed by atoms with Crippen molar-refractivity contribution in [2.75, 3.05) is 0 Å². The summed E-state index contributed by atoms with van der Waals surface area (Å²) >= 11 is 0. The van der Waals surface area contributed by atoms with Gasteiger partial charge in [0, 0.05) is 5.92 Å². The lowest BCUT2D eigenvalue weighted by molar-refractivity contribution is -0.139. The molecule has 86 valence electrons. The summed E-state index contributed by atoms with van der Waals surface area (Å²) < 4.78 is 0. The minimum atomic E-state index is -1.07. The maximum absolute atomic E-state index is 10.7. The Hall–Kier alpha value is -1.88. The lowest BCUT2D eigenvalue weighted by atomic mass is 9.93. The molecule has 0 spiro atoms. The SMILES string of the molecule is C[C@@H](c1ccc(C(=O)O)cc1)[C@H](N)C(=O)O. The molecule has 0 bridgehead atoms. The number of benzene rings is 1. The van der Waals surface area contributed by atoms with Crippen LogP contribution < -0.4 is 5.73 Å². The van der Waals surface area contributed by atoms with Crippen molar-refractivity contribution >= 4 is 11.9 Å². The quantitative estimate of drug-likeness (QED) is 0.704. The number of carboxylic acids is 2. The number of aliphatic carboxylic acids is 1. The normalized spacial score (nSPS) is 14.1. The lowest BCUT2D eigenvalue weighted by Gasteiger charge is -2.16. The third-order valence-electron chi connectivity index (χ3n) is 2.51. The van der Waals surface area contributed by atoms with Gasteiger partial charge in [0.1, 0.15) is 6.04 Å². The van der Waals surface area contributed by atoms with Gasteiger partial charge in [-0.15, -0.1) is 0 Å². The molecule has 5 heteroatoms. The Morgan fingerprint density at radius 2 is 1.69 bits per heavy atom. The van der Waals surface area contributed by atoms with Crippen molar-refractivity contribution in [1.29, 1.82) is 0 Å². The zero-order valence-corrected chi connectivity index (χ0v) is 8.75. The van der Waals surface area contributed by atoms with Crippen LogP contribution in [0.1, 0.15) is 28.8 Å². The third kappa shape index (κ3) is 2.58. The molecule has 0 aliphatic heterocycles. The molecule has 4 N–H and O–H groups in total. The van der Waals surface area contributed by atoms with Crippen molar-refractivity contribution in [2.24, 2.45) is 5.73 Å². The van der Waals surface area contributed by atoms with E-state index < -0.39 is 18.0 Å². The van der Waals surface area contributed by atoms with Crippen molar-refractivity contribution in [3.05, 3.63) is 35.4 Å². The van der Waals surface area contributed by atoms with Gasteiger partial charge >= 0.3 is 11.9 Å². The molecule has 0 saturated carbocycles. The summed E-state index contributed by atoms with van der Waals surface area (Å²) in [6.45, 7) is 1.69. The minimum Gasteiger partial charge on any atom is -0.480 e. The number of carbonyl (C=O) groups is 2. The Bertz CT molecular complexity index is 399. The van der Waals surface area contributed by atoms with Crippen molar-refractivity contribution < 1.29 is 19.8 Å². The fraction of sp³-hybridized carbons (Fsp3) is 0.273. The Balaban J connectivity index is 2.89. The lowest BCUT2D eigenvalue weighted by Crippen LogP contribution is -2.35. The zero-order chi connectivity index (χ0) is 12.3. The van der Waals surface area contributed by atoms with E-state index in [0.29, 0.717) is 5.56 Å². The number of carboxylic acid groups (broad SMARTS) is 2. The summed E-state index contributed by atoms with van der Waals surface area (Å²) in [6.07, 6.45) is 0. The van der Waals surface area contributed by atoms with Gasteiger partial charge in [-0.05, 0) is 17.7 Å². The van der Waals surface area contributed by atoms with Crippen LogP contribution in [0.3, 0.4) is 0 Å². The van der Waals surface area contributed by atoms with Crippen LogP contribution in [0.15, 0.2) is 24.3 Å². The molecule has 0 amide bonds. The van der Waals surface area contributed by atoms with Crippen LogP contribution in [0.4, 0.5) is 0 Å². The second-order valence-electron chi connectivity index (χ2n) is 3.58. The number of aromatic carboxylic acids is 1. The molecule has 2 atom stereocenters. The predicted octanol–water partition coefficient (Wildman–Crippen LogP) is 0.900. The molecular formula is C11H13NO4. The van der Waals surface area contributed by atoms with Crippen molar-refractivity contribution in [3.8, 4) is 0 Å². The van der Waals surface area contributed by atoms with E-state index in [0.717, 1.165) is 0 Å². The van der Waals surface area contributed by atoms with E-state index in [1.54, 1.807) is 19.1 Å². The number of nitrogens with two attached hydrogens (primary N) is 1. The first kappa shape index (κ1) is 12.2. The van der Waals surface area contributed by atoms with Gasteiger partial charge in [-0.25, -0.2) is 4.79 Å². The first-order valence-corrected chi connectivity index (χ1v) is 4.75. The fourth-order valence-electron chi connectivity index (χ4n) is 1.35. The third-order valence-corrected chi connectivity index (χ3v) is 2.51. The highest BCUT2D eigenvalue weighted by molar-refractivity contribution is 5.87. The fourth-order valence-corrected chi connectivity index (χ4v) is 1.35. The molecule has 0 unspecified atom stereocenters. The van der Waals surface area contributed by atoms with E-state index in [1.165, 1.54) is 12.1 Å². The molecule has 16 heavy (non-hydrogen) atoms. The van der Waals surface area contributed by atoms with Crippen LogP contribution >= 0.6 is 0 Å². The molecule has 0 aromatic heterocycles. The second-order valence-corrected chi connectivity index (χ2v) is 3.58. The predicted molar refractivity (Wildman–Crippen MR) is 57.4 cm³/mol. The average Bonchev–Trinajstić information content (AvgIpc) is 2.27. The Morgan fingerprint density at radius 1 is 1.19 bits per heavy atom. The number of hydrogen-bond acceptors (Lipinski definition) is 3. The topological polar surface area (TPSA) is 101 Å². The maximum atomic E-state index is 10.7. The molecule has 0 aliphatic carbocycles. The van der Waals surface area contributed by atoms with Gasteiger partial charge in [-0.3, -0.25) is 4.79 Å².